The summed E-state index contributed by atoms with van der Waals surface area (Å²) >= 11 is 0. The molecule has 0 aliphatic heterocycles. The van der Waals surface area contributed by atoms with Crippen LogP contribution in [0.2, 0.25) is 0 Å². The monoisotopic (exact) mass is 277 g/mol. The maximum atomic E-state index is 10.9. The van der Waals surface area contributed by atoms with E-state index >= 15 is 0 Å². The van der Waals surface area contributed by atoms with Crippen LogP contribution in [0, 0.1) is 0 Å². The molecule has 1 aromatic carbocycles. The quantitative estimate of drug-likeness (QED) is 0.786. The number of hydrogen-bond acceptors (Lipinski definition) is 4. The van der Waals surface area contributed by atoms with Crippen LogP contribution in [-0.4, -0.2) is 19.7 Å². The van der Waals surface area contributed by atoms with Crippen LogP contribution in [0.15, 0.2) is 48.8 Å². The molecular weight excluding hydrogens is 262 g/mol. The Labute approximate surface area is 113 Å². The Morgan fingerprint density at radius 3 is 2.32 bits per heavy atom. The Hall–Kier alpha value is -1.72. The highest BCUT2D eigenvalue weighted by Crippen LogP contribution is 2.11. The van der Waals surface area contributed by atoms with Gasteiger partial charge in [0.2, 0.25) is 0 Å². The Balaban J connectivity index is 1.99. The molecule has 0 aliphatic rings. The van der Waals surface area contributed by atoms with Gasteiger partial charge in [-0.3, -0.25) is 9.17 Å². The van der Waals surface area contributed by atoms with Crippen molar-refractivity contribution in [2.24, 2.45) is 0 Å². The topological polar surface area (TPSA) is 56.3 Å². The zero-order valence-corrected chi connectivity index (χ0v) is 11.4. The van der Waals surface area contributed by atoms with Crippen LogP contribution in [0.25, 0.3) is 0 Å². The number of hydrogen-bond donors (Lipinski definition) is 0. The van der Waals surface area contributed by atoms with Gasteiger partial charge in [-0.1, -0.05) is 30.3 Å². The maximum Gasteiger partial charge on any atom is 0.264 e. The first kappa shape index (κ1) is 13.7. The van der Waals surface area contributed by atoms with Gasteiger partial charge >= 0.3 is 0 Å². The predicted octanol–water partition coefficient (Wildman–Crippen LogP) is 2.15. The molecule has 100 valence electrons. The maximum absolute atomic E-state index is 10.9. The van der Waals surface area contributed by atoms with E-state index in [0.717, 1.165) is 29.4 Å². The SMILES string of the molecule is CS(=O)(=O)OCc1ccc(Cc2cccnc2)cc1. The first-order valence-corrected chi connectivity index (χ1v) is 7.66. The molecule has 1 heterocycles. The van der Waals surface area contributed by atoms with E-state index in [9.17, 15) is 8.42 Å². The molecule has 1 aromatic heterocycles. The van der Waals surface area contributed by atoms with Crippen LogP contribution in [0.1, 0.15) is 16.7 Å². The molecule has 4 nitrogen and oxygen atoms in total. The molecule has 0 N–H and O–H groups in total. The van der Waals surface area contributed by atoms with Gasteiger partial charge in [0.1, 0.15) is 0 Å². The van der Waals surface area contributed by atoms with Crippen LogP contribution < -0.4 is 0 Å². The van der Waals surface area contributed by atoms with E-state index in [4.69, 9.17) is 4.18 Å². The molecule has 2 rings (SSSR count). The average molecular weight is 277 g/mol. The lowest BCUT2D eigenvalue weighted by Crippen LogP contribution is -2.02. The number of nitrogens with zero attached hydrogens (tertiary/aromatic N) is 1. The fraction of sp³-hybridized carbons (Fsp3) is 0.214. The summed E-state index contributed by atoms with van der Waals surface area (Å²) in [6.07, 6.45) is 5.43. The van der Waals surface area contributed by atoms with Crippen molar-refractivity contribution in [2.45, 2.75) is 13.0 Å². The second-order valence-corrected chi connectivity index (χ2v) is 5.96. The summed E-state index contributed by atoms with van der Waals surface area (Å²) in [6, 6.07) is 11.6. The Bertz CT molecular complexity index is 622. The third-order valence-electron chi connectivity index (χ3n) is 2.59. The van der Waals surface area contributed by atoms with Crippen LogP contribution in [0.5, 0.6) is 0 Å². The molecule has 5 heteroatoms. The highest BCUT2D eigenvalue weighted by atomic mass is 32.2. The third-order valence-corrected chi connectivity index (χ3v) is 3.14. The minimum atomic E-state index is -3.39. The molecule has 2 aromatic rings. The van der Waals surface area contributed by atoms with E-state index in [1.807, 2.05) is 42.6 Å². The molecule has 0 saturated carbocycles. The van der Waals surface area contributed by atoms with Crippen molar-refractivity contribution in [2.75, 3.05) is 6.26 Å². The van der Waals surface area contributed by atoms with Gasteiger partial charge in [-0.2, -0.15) is 8.42 Å². The molecule has 0 fully saturated rings. The Morgan fingerprint density at radius 2 is 1.74 bits per heavy atom. The largest absolute Gasteiger partial charge is 0.265 e. The Morgan fingerprint density at radius 1 is 1.05 bits per heavy atom. The van der Waals surface area contributed by atoms with Gasteiger partial charge in [0.05, 0.1) is 12.9 Å². The van der Waals surface area contributed by atoms with Crippen LogP contribution in [0.3, 0.4) is 0 Å². The highest BCUT2D eigenvalue weighted by molar-refractivity contribution is 7.85. The summed E-state index contributed by atoms with van der Waals surface area (Å²) < 4.78 is 26.5. The third kappa shape index (κ3) is 4.81. The molecule has 0 aliphatic carbocycles. The molecule has 0 amide bonds. The first-order valence-electron chi connectivity index (χ1n) is 5.84. The van der Waals surface area contributed by atoms with Gasteiger partial charge in [0.15, 0.2) is 0 Å². The molecule has 0 bridgehead atoms. The van der Waals surface area contributed by atoms with Gasteiger partial charge in [0, 0.05) is 12.4 Å². The van der Waals surface area contributed by atoms with Gasteiger partial charge in [0.25, 0.3) is 10.1 Å². The lowest BCUT2D eigenvalue weighted by Gasteiger charge is -2.04. The molecule has 0 atom stereocenters. The van der Waals surface area contributed by atoms with Crippen molar-refractivity contribution >= 4 is 10.1 Å². The summed E-state index contributed by atoms with van der Waals surface area (Å²) in [4.78, 5) is 4.07. The second kappa shape index (κ2) is 5.95. The fourth-order valence-corrected chi connectivity index (χ4v) is 2.02. The van der Waals surface area contributed by atoms with E-state index in [1.54, 1.807) is 6.20 Å². The minimum Gasteiger partial charge on any atom is -0.265 e. The molecule has 0 saturated heterocycles. The van der Waals surface area contributed by atoms with Crippen molar-refractivity contribution in [1.82, 2.24) is 4.98 Å². The van der Waals surface area contributed by atoms with E-state index in [1.165, 1.54) is 0 Å². The van der Waals surface area contributed by atoms with Crippen LogP contribution in [0.4, 0.5) is 0 Å². The summed E-state index contributed by atoms with van der Waals surface area (Å²) in [6.45, 7) is 0.0754. The van der Waals surface area contributed by atoms with Gasteiger partial charge in [-0.25, -0.2) is 0 Å². The van der Waals surface area contributed by atoms with E-state index in [-0.39, 0.29) is 6.61 Å². The van der Waals surface area contributed by atoms with Crippen molar-refractivity contribution in [3.8, 4) is 0 Å². The minimum absolute atomic E-state index is 0.0754. The number of benzene rings is 1. The van der Waals surface area contributed by atoms with Crippen molar-refractivity contribution in [1.29, 1.82) is 0 Å². The lowest BCUT2D eigenvalue weighted by atomic mass is 10.1. The van der Waals surface area contributed by atoms with Crippen LogP contribution in [-0.2, 0) is 27.3 Å². The predicted molar refractivity (Wildman–Crippen MR) is 73.1 cm³/mol. The normalized spacial score (nSPS) is 11.4. The van der Waals surface area contributed by atoms with Crippen molar-refractivity contribution < 1.29 is 12.6 Å². The number of aromatic nitrogens is 1. The number of pyridine rings is 1. The molecule has 0 radical (unpaired) electrons. The average Bonchev–Trinajstić information content (AvgIpc) is 2.38. The first-order chi connectivity index (χ1) is 9.03. The van der Waals surface area contributed by atoms with Crippen molar-refractivity contribution in [3.63, 3.8) is 0 Å². The van der Waals surface area contributed by atoms with E-state index in [2.05, 4.69) is 4.98 Å². The summed E-state index contributed by atoms with van der Waals surface area (Å²) in [5.74, 6) is 0. The molecule has 0 spiro atoms. The Kier molecular flexibility index (Phi) is 4.29. The lowest BCUT2D eigenvalue weighted by molar-refractivity contribution is 0.311. The second-order valence-electron chi connectivity index (χ2n) is 4.32. The summed E-state index contributed by atoms with van der Waals surface area (Å²) in [7, 11) is -3.39. The zero-order chi connectivity index (χ0) is 13.7. The standard InChI is InChI=1S/C14H15NO3S/c1-19(16,17)18-11-13-6-4-12(5-7-13)9-14-3-2-8-15-10-14/h2-8,10H,9,11H2,1H3. The van der Waals surface area contributed by atoms with E-state index in [0.29, 0.717) is 0 Å². The van der Waals surface area contributed by atoms with Crippen LogP contribution >= 0.6 is 0 Å². The summed E-state index contributed by atoms with van der Waals surface area (Å²) in [5, 5.41) is 0. The molecule has 19 heavy (non-hydrogen) atoms. The van der Waals surface area contributed by atoms with Crippen molar-refractivity contribution in [3.05, 3.63) is 65.5 Å². The molecule has 0 unspecified atom stereocenters. The highest BCUT2D eigenvalue weighted by Gasteiger charge is 2.03. The summed E-state index contributed by atoms with van der Waals surface area (Å²) in [5.41, 5.74) is 3.12. The van der Waals surface area contributed by atoms with Gasteiger partial charge in [-0.15, -0.1) is 0 Å². The number of rotatable bonds is 5. The smallest absolute Gasteiger partial charge is 0.264 e. The van der Waals surface area contributed by atoms with Gasteiger partial charge in [-0.05, 0) is 29.2 Å². The fourth-order valence-electron chi connectivity index (χ4n) is 1.67. The molecular formula is C14H15NO3S. The van der Waals surface area contributed by atoms with E-state index < -0.39 is 10.1 Å². The zero-order valence-electron chi connectivity index (χ0n) is 10.6. The van der Waals surface area contributed by atoms with Gasteiger partial charge < -0.3 is 0 Å².